The van der Waals surface area contributed by atoms with Gasteiger partial charge in [-0.3, -0.25) is 4.98 Å². The van der Waals surface area contributed by atoms with E-state index in [1.807, 2.05) is 24.3 Å². The first-order valence-electron chi connectivity index (χ1n) is 9.13. The van der Waals surface area contributed by atoms with Gasteiger partial charge in [-0.15, -0.1) is 6.58 Å². The number of benzene rings is 1. The third-order valence-electron chi connectivity index (χ3n) is 6.56. The maximum atomic E-state index is 11.3. The number of piperidine rings is 3. The van der Waals surface area contributed by atoms with Crippen LogP contribution >= 0.6 is 0 Å². The first-order chi connectivity index (χ1) is 12.1. The van der Waals surface area contributed by atoms with E-state index in [0.717, 1.165) is 46.2 Å². The molecule has 1 aromatic heterocycles. The van der Waals surface area contributed by atoms with Crippen molar-refractivity contribution in [3.8, 4) is 5.75 Å². The van der Waals surface area contributed by atoms with E-state index < -0.39 is 6.10 Å². The van der Waals surface area contributed by atoms with Crippen LogP contribution in [0, 0.1) is 11.8 Å². The Hall–Kier alpha value is -1.91. The number of methoxy groups -OCH3 is 1. The van der Waals surface area contributed by atoms with E-state index >= 15 is 0 Å². The van der Waals surface area contributed by atoms with Crippen LogP contribution in [0.4, 0.5) is 0 Å². The Morgan fingerprint density at radius 1 is 1.40 bits per heavy atom. The summed E-state index contributed by atoms with van der Waals surface area (Å²) in [7, 11) is 3.96. The van der Waals surface area contributed by atoms with Crippen molar-refractivity contribution in [1.82, 2.24) is 4.98 Å². The lowest BCUT2D eigenvalue weighted by atomic mass is 9.72. The van der Waals surface area contributed by atoms with Crippen molar-refractivity contribution in [2.75, 3.05) is 27.2 Å². The van der Waals surface area contributed by atoms with Gasteiger partial charge in [-0.2, -0.15) is 0 Å². The fraction of sp³-hybridized carbons (Fsp3) is 0.476. The normalized spacial score (nSPS) is 32.5. The summed E-state index contributed by atoms with van der Waals surface area (Å²) < 4.78 is 6.31. The largest absolute Gasteiger partial charge is 0.497 e. The summed E-state index contributed by atoms with van der Waals surface area (Å²) in [6.07, 6.45) is 5.73. The first kappa shape index (κ1) is 16.6. The van der Waals surface area contributed by atoms with Crippen molar-refractivity contribution in [2.45, 2.75) is 25.0 Å². The molecule has 1 aromatic carbocycles. The number of likely N-dealkylation sites (N-methyl/N-ethyl adjacent to an activating group) is 1. The molecule has 25 heavy (non-hydrogen) atoms. The molecule has 0 spiro atoms. The number of fused-ring (bicyclic) bond motifs is 4. The molecule has 4 heterocycles. The fourth-order valence-electron chi connectivity index (χ4n) is 5.03. The molecule has 1 N–H and O–H groups in total. The van der Waals surface area contributed by atoms with Crippen molar-refractivity contribution in [3.63, 3.8) is 0 Å². The predicted octanol–water partition coefficient (Wildman–Crippen LogP) is 3.32. The van der Waals surface area contributed by atoms with Crippen molar-refractivity contribution in [3.05, 3.63) is 48.7 Å². The summed E-state index contributed by atoms with van der Waals surface area (Å²) in [4.78, 5) is 4.45. The minimum absolute atomic E-state index is 0.228. The molecule has 0 radical (unpaired) electrons. The van der Waals surface area contributed by atoms with Crippen LogP contribution in [-0.2, 0) is 0 Å². The summed E-state index contributed by atoms with van der Waals surface area (Å²) in [5.74, 6) is 2.03. The molecule has 5 atom stereocenters. The van der Waals surface area contributed by atoms with Gasteiger partial charge in [0.25, 0.3) is 0 Å². The molecule has 3 fully saturated rings. The lowest BCUT2D eigenvalue weighted by molar-refractivity contribution is -0.956. The lowest BCUT2D eigenvalue weighted by Gasteiger charge is -2.56. The van der Waals surface area contributed by atoms with Gasteiger partial charge in [0.05, 0.1) is 32.8 Å². The summed E-state index contributed by atoms with van der Waals surface area (Å²) in [5, 5.41) is 12.3. The van der Waals surface area contributed by atoms with Gasteiger partial charge in [-0.05, 0) is 35.7 Å². The third-order valence-corrected chi connectivity index (χ3v) is 6.56. The van der Waals surface area contributed by atoms with Gasteiger partial charge in [0.15, 0.2) is 0 Å². The molecule has 3 aliphatic heterocycles. The highest BCUT2D eigenvalue weighted by Crippen LogP contribution is 2.45. The molecule has 5 rings (SSSR count). The number of nitrogens with zero attached hydrogens (tertiary/aromatic N) is 2. The summed E-state index contributed by atoms with van der Waals surface area (Å²) >= 11 is 0. The third kappa shape index (κ3) is 2.64. The highest BCUT2D eigenvalue weighted by molar-refractivity contribution is 5.83. The van der Waals surface area contributed by atoms with Gasteiger partial charge >= 0.3 is 0 Å². The second kappa shape index (κ2) is 6.11. The zero-order chi connectivity index (χ0) is 17.6. The van der Waals surface area contributed by atoms with Crippen molar-refractivity contribution in [1.29, 1.82) is 0 Å². The Bertz CT molecular complexity index is 806. The van der Waals surface area contributed by atoms with Gasteiger partial charge in [0, 0.05) is 30.3 Å². The van der Waals surface area contributed by atoms with Gasteiger partial charge in [0.2, 0.25) is 0 Å². The number of aliphatic hydroxyl groups is 1. The minimum atomic E-state index is -0.490. The van der Waals surface area contributed by atoms with Crippen molar-refractivity contribution in [2.24, 2.45) is 11.8 Å². The second-order valence-electron chi connectivity index (χ2n) is 7.87. The zero-order valence-corrected chi connectivity index (χ0v) is 15.1. The molecule has 1 unspecified atom stereocenters. The van der Waals surface area contributed by atoms with E-state index in [0.29, 0.717) is 11.8 Å². The fourth-order valence-corrected chi connectivity index (χ4v) is 5.03. The monoisotopic (exact) mass is 339 g/mol. The topological polar surface area (TPSA) is 42.4 Å². The van der Waals surface area contributed by atoms with E-state index in [4.69, 9.17) is 4.74 Å². The number of pyridine rings is 1. The van der Waals surface area contributed by atoms with Crippen molar-refractivity contribution < 1.29 is 14.3 Å². The molecule has 0 aliphatic carbocycles. The van der Waals surface area contributed by atoms with E-state index in [-0.39, 0.29) is 6.04 Å². The Morgan fingerprint density at radius 2 is 2.24 bits per heavy atom. The molecule has 2 bridgehead atoms. The van der Waals surface area contributed by atoms with Crippen LogP contribution in [0.3, 0.4) is 0 Å². The highest BCUT2D eigenvalue weighted by atomic mass is 16.5. The van der Waals surface area contributed by atoms with Crippen molar-refractivity contribution >= 4 is 10.9 Å². The zero-order valence-electron chi connectivity index (χ0n) is 15.1. The summed E-state index contributed by atoms with van der Waals surface area (Å²) in [5.41, 5.74) is 1.87. The maximum Gasteiger partial charge on any atom is 0.131 e. The molecule has 3 aliphatic rings. The molecule has 4 heteroatoms. The molecular weight excluding hydrogens is 312 g/mol. The number of hydrogen-bond acceptors (Lipinski definition) is 3. The number of ether oxygens (including phenoxy) is 1. The van der Waals surface area contributed by atoms with Crippen LogP contribution in [0.15, 0.2) is 43.1 Å². The smallest absolute Gasteiger partial charge is 0.131 e. The van der Waals surface area contributed by atoms with Gasteiger partial charge in [0.1, 0.15) is 17.9 Å². The lowest BCUT2D eigenvalue weighted by Crippen LogP contribution is -2.66. The van der Waals surface area contributed by atoms with Gasteiger partial charge < -0.3 is 14.3 Å². The second-order valence-corrected chi connectivity index (χ2v) is 7.87. The van der Waals surface area contributed by atoms with E-state index in [2.05, 4.69) is 24.7 Å². The van der Waals surface area contributed by atoms with Crippen LogP contribution < -0.4 is 4.74 Å². The summed E-state index contributed by atoms with van der Waals surface area (Å²) in [6.45, 7) is 6.26. The first-order valence-corrected chi connectivity index (χ1v) is 9.13. The Morgan fingerprint density at radius 3 is 2.96 bits per heavy atom. The van der Waals surface area contributed by atoms with E-state index in [9.17, 15) is 5.11 Å². The average Bonchev–Trinajstić information content (AvgIpc) is 2.66. The standard InChI is InChI=1S/C21H27N2O2/c1-4-14-13-23(2)10-8-15(14)11-20(23)21(24)17-7-9-22-19-6-5-16(25-3)12-18(17)19/h4-7,9,12,14-15,20-21,24H,1,8,10-11,13H2,2-3H3/q+1/t14-,15-,20-,21-,23?/m0/s1. The Labute approximate surface area is 149 Å². The molecule has 0 saturated carbocycles. The van der Waals surface area contributed by atoms with Crippen LogP contribution in [-0.4, -0.2) is 47.9 Å². The maximum absolute atomic E-state index is 11.3. The molecule has 4 nitrogen and oxygen atoms in total. The molecule has 3 saturated heterocycles. The van der Waals surface area contributed by atoms with Crippen LogP contribution in [0.25, 0.3) is 10.9 Å². The Balaban J connectivity index is 1.73. The van der Waals surface area contributed by atoms with E-state index in [1.54, 1.807) is 13.3 Å². The number of hydrogen-bond donors (Lipinski definition) is 1. The number of aromatic nitrogens is 1. The minimum Gasteiger partial charge on any atom is -0.497 e. The number of quaternary nitrogens is 1. The quantitative estimate of drug-likeness (QED) is 0.686. The number of rotatable bonds is 4. The SMILES string of the molecule is C=C[C@H]1C[N+]2(C)CC[C@H]1C[C@H]2[C@@H](O)c1ccnc2ccc(OC)cc12. The average molecular weight is 339 g/mol. The predicted molar refractivity (Wildman–Crippen MR) is 99.4 cm³/mol. The van der Waals surface area contributed by atoms with Crippen LogP contribution in [0.1, 0.15) is 24.5 Å². The molecular formula is C21H27N2O2+. The molecule has 2 aromatic rings. The molecule has 132 valence electrons. The van der Waals surface area contributed by atoms with Gasteiger partial charge in [-0.25, -0.2) is 0 Å². The number of aliphatic hydroxyl groups excluding tert-OH is 1. The Kier molecular flexibility index (Phi) is 4.05. The molecule has 0 amide bonds. The summed E-state index contributed by atoms with van der Waals surface area (Å²) in [6, 6.07) is 8.06. The van der Waals surface area contributed by atoms with Gasteiger partial charge in [-0.1, -0.05) is 6.08 Å². The van der Waals surface area contributed by atoms with Crippen LogP contribution in [0.5, 0.6) is 5.75 Å². The highest BCUT2D eigenvalue weighted by Gasteiger charge is 2.51. The van der Waals surface area contributed by atoms with Crippen LogP contribution in [0.2, 0.25) is 0 Å². The van der Waals surface area contributed by atoms with E-state index in [1.165, 1.54) is 6.42 Å².